The average molecular weight is 495 g/mol. The lowest BCUT2D eigenvalue weighted by molar-refractivity contribution is 0.0600. The number of halogens is 2. The van der Waals surface area contributed by atoms with Gasteiger partial charge in [-0.1, -0.05) is 47.5 Å². The van der Waals surface area contributed by atoms with Gasteiger partial charge in [0.15, 0.2) is 0 Å². The van der Waals surface area contributed by atoms with Crippen molar-refractivity contribution in [2.24, 2.45) is 0 Å². The van der Waals surface area contributed by atoms with Crippen molar-refractivity contribution in [2.75, 3.05) is 12.4 Å². The van der Waals surface area contributed by atoms with Gasteiger partial charge in [-0.15, -0.1) is 0 Å². The molecule has 1 N–H and O–H groups in total. The van der Waals surface area contributed by atoms with Crippen molar-refractivity contribution in [1.82, 2.24) is 4.98 Å². The van der Waals surface area contributed by atoms with Crippen LogP contribution in [0.2, 0.25) is 10.0 Å². The molecule has 3 aromatic carbocycles. The molecule has 1 heterocycles. The molecule has 34 heavy (non-hydrogen) atoms. The monoisotopic (exact) mass is 494 g/mol. The smallest absolute Gasteiger partial charge is 0.337 e. The van der Waals surface area contributed by atoms with E-state index in [1.54, 1.807) is 42.6 Å². The largest absolute Gasteiger partial charge is 0.488 e. The van der Waals surface area contributed by atoms with E-state index < -0.39 is 11.9 Å². The predicted molar refractivity (Wildman–Crippen MR) is 133 cm³/mol. The summed E-state index contributed by atoms with van der Waals surface area (Å²) in [7, 11) is 1.34. The maximum atomic E-state index is 12.9. The topological polar surface area (TPSA) is 77.5 Å². The number of fused-ring (bicyclic) bond motifs is 1. The van der Waals surface area contributed by atoms with Gasteiger partial charge in [-0.2, -0.15) is 0 Å². The Morgan fingerprint density at radius 2 is 1.65 bits per heavy atom. The molecule has 4 rings (SSSR count). The number of para-hydroxylation sites is 1. The fraction of sp³-hybridized carbons (Fsp3) is 0.115. The van der Waals surface area contributed by atoms with Crippen LogP contribution in [0.5, 0.6) is 5.75 Å². The lowest BCUT2D eigenvalue weighted by Gasteiger charge is -2.15. The highest BCUT2D eigenvalue weighted by Crippen LogP contribution is 2.33. The summed E-state index contributed by atoms with van der Waals surface area (Å²) in [4.78, 5) is 29.0. The van der Waals surface area contributed by atoms with Gasteiger partial charge in [0, 0.05) is 17.1 Å². The molecule has 0 bridgehead atoms. The van der Waals surface area contributed by atoms with Crippen LogP contribution >= 0.6 is 23.2 Å². The zero-order chi connectivity index (χ0) is 24.2. The molecule has 1 amide bonds. The Morgan fingerprint density at radius 1 is 0.971 bits per heavy atom. The highest BCUT2D eigenvalue weighted by Gasteiger charge is 2.17. The second kappa shape index (κ2) is 10.1. The van der Waals surface area contributed by atoms with Crippen LogP contribution in [0.1, 0.15) is 31.8 Å². The van der Waals surface area contributed by atoms with Crippen LogP contribution in [0, 0.1) is 6.92 Å². The number of rotatable bonds is 6. The zero-order valence-corrected chi connectivity index (χ0v) is 19.9. The number of aromatic nitrogens is 1. The van der Waals surface area contributed by atoms with Crippen LogP contribution in [-0.2, 0) is 11.3 Å². The molecule has 1 aromatic heterocycles. The van der Waals surface area contributed by atoms with E-state index in [1.807, 2.05) is 31.2 Å². The minimum absolute atomic E-state index is 0.196. The molecule has 0 spiro atoms. The summed E-state index contributed by atoms with van der Waals surface area (Å²) in [6.07, 6.45) is 1.69. The summed E-state index contributed by atoms with van der Waals surface area (Å²) in [5.74, 6) is -0.177. The molecular formula is C26H20Cl2N2O4. The Hall–Kier alpha value is -3.61. The van der Waals surface area contributed by atoms with Gasteiger partial charge < -0.3 is 14.8 Å². The van der Waals surface area contributed by atoms with Crippen LogP contribution in [0.3, 0.4) is 0 Å². The highest BCUT2D eigenvalue weighted by molar-refractivity contribution is 6.40. The quantitative estimate of drug-likeness (QED) is 0.311. The number of methoxy groups -OCH3 is 1. The van der Waals surface area contributed by atoms with Gasteiger partial charge in [0.05, 0.1) is 39.5 Å². The summed E-state index contributed by atoms with van der Waals surface area (Å²) in [6.45, 7) is 2.18. The molecule has 6 nitrogen and oxygen atoms in total. The van der Waals surface area contributed by atoms with E-state index >= 15 is 0 Å². The Balaban J connectivity index is 1.61. The van der Waals surface area contributed by atoms with E-state index in [0.29, 0.717) is 22.5 Å². The fourth-order valence-corrected chi connectivity index (χ4v) is 4.07. The molecule has 0 atom stereocenters. The molecule has 0 aliphatic carbocycles. The summed E-state index contributed by atoms with van der Waals surface area (Å²) in [5.41, 5.74) is 3.47. The zero-order valence-electron chi connectivity index (χ0n) is 18.4. The molecule has 0 unspecified atom stereocenters. The summed E-state index contributed by atoms with van der Waals surface area (Å²) < 4.78 is 10.9. The van der Waals surface area contributed by atoms with Crippen molar-refractivity contribution in [3.05, 3.63) is 99.2 Å². The SMILES string of the molecule is COC(=O)c1ccc(COc2c(C)cnc3c(NC(=O)c4c(Cl)cccc4Cl)cccc23)cc1. The molecule has 4 aromatic rings. The Morgan fingerprint density at radius 3 is 2.32 bits per heavy atom. The van der Waals surface area contributed by atoms with Gasteiger partial charge in [-0.3, -0.25) is 9.78 Å². The first-order valence-electron chi connectivity index (χ1n) is 10.3. The Labute approximate surface area is 206 Å². The standard InChI is InChI=1S/C26H20Cl2N2O4/c1-15-13-29-23-18(24(15)34-14-16-9-11-17(12-10-16)26(32)33-2)5-3-8-21(23)30-25(31)22-19(27)6-4-7-20(22)28/h3-13H,14H2,1-2H3,(H,30,31). The fourth-order valence-electron chi connectivity index (χ4n) is 3.50. The van der Waals surface area contributed by atoms with Crippen LogP contribution in [0.15, 0.2) is 66.9 Å². The lowest BCUT2D eigenvalue weighted by atomic mass is 10.1. The van der Waals surface area contributed by atoms with Gasteiger partial charge in [-0.05, 0) is 48.9 Å². The third kappa shape index (κ3) is 4.83. The molecular weight excluding hydrogens is 475 g/mol. The second-order valence-corrected chi connectivity index (χ2v) is 8.31. The van der Waals surface area contributed by atoms with E-state index in [2.05, 4.69) is 10.3 Å². The van der Waals surface area contributed by atoms with Crippen LogP contribution in [0.4, 0.5) is 5.69 Å². The Kier molecular flexibility index (Phi) is 7.01. The Bertz CT molecular complexity index is 1370. The van der Waals surface area contributed by atoms with E-state index in [0.717, 1.165) is 16.5 Å². The summed E-state index contributed by atoms with van der Waals surface area (Å²) in [6, 6.07) is 17.3. The maximum Gasteiger partial charge on any atom is 0.337 e. The number of hydrogen-bond donors (Lipinski definition) is 1. The average Bonchev–Trinajstić information content (AvgIpc) is 2.83. The number of esters is 1. The van der Waals surface area contributed by atoms with Gasteiger partial charge in [0.2, 0.25) is 0 Å². The van der Waals surface area contributed by atoms with Gasteiger partial charge in [0.25, 0.3) is 5.91 Å². The summed E-state index contributed by atoms with van der Waals surface area (Å²) in [5, 5.41) is 4.12. The molecule has 172 valence electrons. The third-order valence-electron chi connectivity index (χ3n) is 5.22. The highest BCUT2D eigenvalue weighted by atomic mass is 35.5. The van der Waals surface area contributed by atoms with E-state index in [1.165, 1.54) is 7.11 Å². The van der Waals surface area contributed by atoms with Crippen LogP contribution in [0.25, 0.3) is 10.9 Å². The normalized spacial score (nSPS) is 10.7. The minimum atomic E-state index is -0.432. The molecule has 0 aliphatic heterocycles. The molecule has 0 aliphatic rings. The van der Waals surface area contributed by atoms with E-state index in [9.17, 15) is 9.59 Å². The van der Waals surface area contributed by atoms with Crippen molar-refractivity contribution < 1.29 is 19.1 Å². The maximum absolute atomic E-state index is 12.9. The van der Waals surface area contributed by atoms with Gasteiger partial charge >= 0.3 is 5.97 Å². The molecule has 0 saturated carbocycles. The lowest BCUT2D eigenvalue weighted by Crippen LogP contribution is -2.13. The number of benzene rings is 3. The van der Waals surface area contributed by atoms with Crippen molar-refractivity contribution in [3.63, 3.8) is 0 Å². The minimum Gasteiger partial charge on any atom is -0.488 e. The molecule has 0 saturated heterocycles. The number of carbonyl (C=O) groups is 2. The summed E-state index contributed by atoms with van der Waals surface area (Å²) >= 11 is 12.4. The molecule has 0 radical (unpaired) electrons. The predicted octanol–water partition coefficient (Wildman–Crippen LogP) is 6.47. The number of ether oxygens (including phenoxy) is 2. The molecule has 0 fully saturated rings. The van der Waals surface area contributed by atoms with Crippen LogP contribution < -0.4 is 10.1 Å². The van der Waals surface area contributed by atoms with Crippen molar-refractivity contribution >= 4 is 51.7 Å². The first-order valence-corrected chi connectivity index (χ1v) is 11.1. The van der Waals surface area contributed by atoms with Gasteiger partial charge in [-0.25, -0.2) is 4.79 Å². The number of aryl methyl sites for hydroxylation is 1. The van der Waals surface area contributed by atoms with Crippen LogP contribution in [-0.4, -0.2) is 24.0 Å². The van der Waals surface area contributed by atoms with E-state index in [4.69, 9.17) is 32.7 Å². The van der Waals surface area contributed by atoms with Crippen molar-refractivity contribution in [2.45, 2.75) is 13.5 Å². The number of amides is 1. The third-order valence-corrected chi connectivity index (χ3v) is 5.85. The molecule has 8 heteroatoms. The second-order valence-electron chi connectivity index (χ2n) is 7.50. The number of nitrogens with zero attached hydrogens (tertiary/aromatic N) is 1. The number of carbonyl (C=O) groups excluding carboxylic acids is 2. The number of nitrogens with one attached hydrogen (secondary N) is 1. The van der Waals surface area contributed by atoms with E-state index in [-0.39, 0.29) is 22.2 Å². The number of hydrogen-bond acceptors (Lipinski definition) is 5. The first-order chi connectivity index (χ1) is 16.4. The van der Waals surface area contributed by atoms with Crippen molar-refractivity contribution in [1.29, 1.82) is 0 Å². The number of pyridine rings is 1. The van der Waals surface area contributed by atoms with Crippen molar-refractivity contribution in [3.8, 4) is 5.75 Å². The first kappa shape index (κ1) is 23.5. The van der Waals surface area contributed by atoms with Gasteiger partial charge in [0.1, 0.15) is 12.4 Å². The number of anilines is 1.